The van der Waals surface area contributed by atoms with Crippen molar-refractivity contribution in [1.29, 1.82) is 0 Å². The van der Waals surface area contributed by atoms with Gasteiger partial charge in [0.2, 0.25) is 12.6 Å². The lowest BCUT2D eigenvalue weighted by Crippen LogP contribution is -2.59. The zero-order valence-corrected chi connectivity index (χ0v) is 39.2. The topological polar surface area (TPSA) is 348 Å². The van der Waals surface area contributed by atoms with Crippen molar-refractivity contribution >= 4 is 0 Å². The van der Waals surface area contributed by atoms with E-state index in [-0.39, 0.29) is 39.3 Å². The highest BCUT2D eigenvalue weighted by atomic mass is 16.7. The van der Waals surface area contributed by atoms with E-state index in [2.05, 4.69) is 6.92 Å². The third-order valence-electron chi connectivity index (χ3n) is 12.7. The van der Waals surface area contributed by atoms with Crippen LogP contribution in [0.25, 0.3) is 0 Å². The zero-order chi connectivity index (χ0) is 49.7. The third kappa shape index (κ3) is 18.5. The van der Waals surface area contributed by atoms with Crippen molar-refractivity contribution in [1.82, 2.24) is 0 Å². The first-order chi connectivity index (χ1) is 31.9. The Labute approximate surface area is 393 Å². The molecule has 2 fully saturated rings. The lowest BCUT2D eigenvalue weighted by molar-refractivity contribution is -0.313. The summed E-state index contributed by atoms with van der Waals surface area (Å²) in [5.41, 5.74) is -0.441. The van der Waals surface area contributed by atoms with E-state index in [0.29, 0.717) is 25.7 Å². The second kappa shape index (κ2) is 30.3. The maximum atomic E-state index is 10.9. The molecule has 0 saturated carbocycles. The van der Waals surface area contributed by atoms with Crippen LogP contribution < -0.4 is 0 Å². The first-order valence-electron chi connectivity index (χ1n) is 23.7. The minimum absolute atomic E-state index is 0.111. The summed E-state index contributed by atoms with van der Waals surface area (Å²) in [6.07, 6.45) is -15.2. The first-order valence-corrected chi connectivity index (χ1v) is 23.7. The van der Waals surface area contributed by atoms with E-state index in [4.69, 9.17) is 33.2 Å². The molecule has 0 amide bonds. The monoisotopic (exact) mass is 971 g/mol. The van der Waals surface area contributed by atoms with Gasteiger partial charge in [-0.1, -0.05) is 89.5 Å². The molecule has 2 heterocycles. The molecule has 3 rings (SSSR count). The van der Waals surface area contributed by atoms with Crippen LogP contribution in [0.1, 0.15) is 96.1 Å². The molecule has 12 unspecified atom stereocenters. The Hall–Kier alpha value is -1.62. The lowest BCUT2D eigenvalue weighted by atomic mass is 9.76. The molecule has 392 valence electrons. The summed E-state index contributed by atoms with van der Waals surface area (Å²) in [5, 5.41) is 143. The average molecular weight is 971 g/mol. The van der Waals surface area contributed by atoms with Crippen molar-refractivity contribution in [3.8, 4) is 0 Å². The van der Waals surface area contributed by atoms with Crippen LogP contribution in [0.15, 0.2) is 24.3 Å². The van der Waals surface area contributed by atoms with E-state index in [1.165, 1.54) is 6.92 Å². The molecule has 2 aliphatic rings. The van der Waals surface area contributed by atoms with Crippen LogP contribution in [0.2, 0.25) is 0 Å². The van der Waals surface area contributed by atoms with Gasteiger partial charge in [-0.05, 0) is 43.7 Å². The minimum Gasteiger partial charge on any atom is -0.394 e. The highest BCUT2D eigenvalue weighted by molar-refractivity contribution is 5.25. The number of benzene rings is 1. The van der Waals surface area contributed by atoms with Crippen LogP contribution in [0.5, 0.6) is 0 Å². The molecule has 21 heteroatoms. The van der Waals surface area contributed by atoms with E-state index in [0.717, 1.165) is 49.7 Å². The van der Waals surface area contributed by atoms with Crippen LogP contribution in [-0.4, -0.2) is 217 Å². The van der Waals surface area contributed by atoms with Crippen molar-refractivity contribution in [2.45, 2.75) is 190 Å². The Balaban J connectivity index is 2.04. The van der Waals surface area contributed by atoms with Gasteiger partial charge in [0.15, 0.2) is 18.9 Å². The number of unbranched alkanes of at least 4 members (excludes halogenated alkanes) is 6. The Morgan fingerprint density at radius 3 is 1.34 bits per heavy atom. The molecule has 0 aromatic heterocycles. The van der Waals surface area contributed by atoms with Crippen molar-refractivity contribution in [2.75, 3.05) is 52.9 Å². The summed E-state index contributed by atoms with van der Waals surface area (Å²) < 4.78 is 40.9. The van der Waals surface area contributed by atoms with Crippen molar-refractivity contribution < 1.29 is 105 Å². The molecule has 16 atom stereocenters. The van der Waals surface area contributed by atoms with Gasteiger partial charge in [-0.2, -0.15) is 0 Å². The Kier molecular flexibility index (Phi) is 27.0. The van der Waals surface area contributed by atoms with Crippen LogP contribution in [0, 0.1) is 10.8 Å². The van der Waals surface area contributed by atoms with Gasteiger partial charge in [-0.25, -0.2) is 0 Å². The summed E-state index contributed by atoms with van der Waals surface area (Å²) in [4.78, 5) is 0. The number of aliphatic hydroxyl groups excluding tert-OH is 13. The van der Waals surface area contributed by atoms with E-state index in [1.54, 1.807) is 0 Å². The molecule has 67 heavy (non-hydrogen) atoms. The Morgan fingerprint density at radius 1 is 0.552 bits per heavy atom. The average Bonchev–Trinajstić information content (AvgIpc) is 3.31. The van der Waals surface area contributed by atoms with E-state index in [9.17, 15) is 71.5 Å². The number of rotatable bonds is 34. The summed E-state index contributed by atoms with van der Waals surface area (Å²) in [6.45, 7) is 2.06. The lowest BCUT2D eigenvalue weighted by Gasteiger charge is -2.42. The molecule has 1 aromatic rings. The molecular weight excluding hydrogens is 888 g/mol. The van der Waals surface area contributed by atoms with Gasteiger partial charge in [0.1, 0.15) is 54.9 Å². The molecule has 0 spiro atoms. The van der Waals surface area contributed by atoms with Crippen LogP contribution >= 0.6 is 0 Å². The highest BCUT2D eigenvalue weighted by Crippen LogP contribution is 2.37. The van der Waals surface area contributed by atoms with Gasteiger partial charge >= 0.3 is 0 Å². The fourth-order valence-electron chi connectivity index (χ4n) is 8.44. The fraction of sp³-hybridized carbons (Fsp3) is 0.870. The molecule has 0 aliphatic carbocycles. The fourth-order valence-corrected chi connectivity index (χ4v) is 8.44. The Morgan fingerprint density at radius 2 is 0.985 bits per heavy atom. The molecule has 2 aliphatic heterocycles. The summed E-state index contributed by atoms with van der Waals surface area (Å²) in [6, 6.07) is 7.45. The first kappa shape index (κ1) is 59.7. The smallest absolute Gasteiger partial charge is 0.209 e. The van der Waals surface area contributed by atoms with Crippen molar-refractivity contribution in [3.63, 3.8) is 0 Å². The molecule has 1 aromatic carbocycles. The van der Waals surface area contributed by atoms with Gasteiger partial charge in [-0.15, -0.1) is 0 Å². The summed E-state index contributed by atoms with van der Waals surface area (Å²) >= 11 is 0. The van der Waals surface area contributed by atoms with E-state index in [1.807, 2.05) is 31.2 Å². The Bertz CT molecular complexity index is 1440. The van der Waals surface area contributed by atoms with Gasteiger partial charge in [0, 0.05) is 10.8 Å². The predicted molar refractivity (Wildman–Crippen MR) is 236 cm³/mol. The molecule has 0 radical (unpaired) electrons. The predicted octanol–water partition coefficient (Wildman–Crippen LogP) is -1.94. The highest BCUT2D eigenvalue weighted by Gasteiger charge is 2.47. The number of hydrogen-bond donors (Lipinski definition) is 14. The van der Waals surface area contributed by atoms with Gasteiger partial charge in [-0.3, -0.25) is 0 Å². The quantitative estimate of drug-likeness (QED) is 0.0264. The normalized spacial score (nSPS) is 29.6. The second-order valence-electron chi connectivity index (χ2n) is 18.4. The SMILES string of the molecule is CCCCCC[C@](COC(OC(CO)[C@H](C)O)C(O)O)(COC1OC(CO)C(O)C(O)C1O)Cc1ccc(C[C@](CCCCCC)(COC2OC(CO)C(O)C(O)C2O)CO[C@H](O)CO)cc1. The standard InChI is InChI=1S/C46H82O21/c1-4-6-8-10-16-45(24-61-34(52)23-50,25-62-42-39(57)37(55)35(53)32(21-48)66-42)18-29-12-14-30(15-13-29)19-46(17-11-9-7-5-2,27-64-44(41(59)60)65-31(20-47)28(3)51)26-63-43-40(58)38(56)36(54)33(22-49)67-43/h12-15,28,31-44,47-60H,4-11,16-27H2,1-3H3/t28-,31?,32?,33?,34-,35?,36?,37?,38?,39?,40?,42?,43?,44?,45-,46+/m0/s1. The van der Waals surface area contributed by atoms with Crippen molar-refractivity contribution in [3.05, 3.63) is 35.4 Å². The molecular formula is C46H82O21. The summed E-state index contributed by atoms with van der Waals surface area (Å²) in [7, 11) is 0. The van der Waals surface area contributed by atoms with Gasteiger partial charge in [0.25, 0.3) is 0 Å². The molecule has 0 bridgehead atoms. The second-order valence-corrected chi connectivity index (χ2v) is 18.4. The third-order valence-corrected chi connectivity index (χ3v) is 12.7. The zero-order valence-electron chi connectivity index (χ0n) is 39.2. The molecule has 14 N–H and O–H groups in total. The van der Waals surface area contributed by atoms with Crippen LogP contribution in [0.4, 0.5) is 0 Å². The minimum atomic E-state index is -2.20. The summed E-state index contributed by atoms with van der Waals surface area (Å²) in [5.74, 6) is 0. The maximum Gasteiger partial charge on any atom is 0.209 e. The van der Waals surface area contributed by atoms with Gasteiger partial charge < -0.3 is 105 Å². The maximum absolute atomic E-state index is 10.9. The molecule has 21 nitrogen and oxygen atoms in total. The molecule has 2 saturated heterocycles. The van der Waals surface area contributed by atoms with Gasteiger partial charge in [0.05, 0.1) is 59.0 Å². The number of ether oxygens (including phenoxy) is 7. The number of hydrogen-bond acceptors (Lipinski definition) is 21. The van der Waals surface area contributed by atoms with Crippen molar-refractivity contribution in [2.24, 2.45) is 10.8 Å². The van der Waals surface area contributed by atoms with Crippen LogP contribution in [0.3, 0.4) is 0 Å². The number of aliphatic hydroxyl groups is 14. The van der Waals surface area contributed by atoms with Crippen LogP contribution in [-0.2, 0) is 46.0 Å². The largest absolute Gasteiger partial charge is 0.394 e. The van der Waals surface area contributed by atoms with E-state index >= 15 is 0 Å². The van der Waals surface area contributed by atoms with E-state index < -0.39 is 130 Å².